The van der Waals surface area contributed by atoms with Crippen LogP contribution in [0.25, 0.3) is 0 Å². The molecule has 0 radical (unpaired) electrons. The fourth-order valence-corrected chi connectivity index (χ4v) is 4.56. The van der Waals surface area contributed by atoms with Crippen LogP contribution in [0.1, 0.15) is 38.7 Å². The van der Waals surface area contributed by atoms with Crippen LogP contribution in [0.3, 0.4) is 0 Å². The summed E-state index contributed by atoms with van der Waals surface area (Å²) in [7, 11) is 2.12. The van der Waals surface area contributed by atoms with Crippen molar-refractivity contribution in [2.75, 3.05) is 39.8 Å². The van der Waals surface area contributed by atoms with Crippen molar-refractivity contribution in [3.8, 4) is 0 Å². The van der Waals surface area contributed by atoms with Gasteiger partial charge in [0.1, 0.15) is 0 Å². The molecule has 150 valence electrons. The first-order chi connectivity index (χ1) is 12.9. The number of piperazine rings is 1. The fourth-order valence-electron chi connectivity index (χ4n) is 4.36. The van der Waals surface area contributed by atoms with Gasteiger partial charge in [-0.1, -0.05) is 43.6 Å². The third kappa shape index (κ3) is 5.24. The van der Waals surface area contributed by atoms with Crippen LogP contribution in [-0.2, 0) is 16.0 Å². The zero-order valence-electron chi connectivity index (χ0n) is 16.9. The minimum absolute atomic E-state index is 0.0708. The lowest BCUT2D eigenvalue weighted by Crippen LogP contribution is -2.49. The molecule has 0 saturated carbocycles. The van der Waals surface area contributed by atoms with Crippen molar-refractivity contribution in [1.29, 1.82) is 0 Å². The van der Waals surface area contributed by atoms with Gasteiger partial charge in [0.15, 0.2) is 0 Å². The van der Waals surface area contributed by atoms with Gasteiger partial charge < -0.3 is 14.5 Å². The summed E-state index contributed by atoms with van der Waals surface area (Å²) < 4.78 is 6.04. The maximum Gasteiger partial charge on any atom is 0.223 e. The molecule has 2 heterocycles. The molecule has 1 aromatic rings. The van der Waals surface area contributed by atoms with Gasteiger partial charge in [-0.25, -0.2) is 0 Å². The number of nitrogens with zero attached hydrogens (tertiary/aromatic N) is 2. The highest BCUT2D eigenvalue weighted by Gasteiger charge is 2.41. The number of halogens is 1. The predicted octanol–water partition coefficient (Wildman–Crippen LogP) is 3.87. The van der Waals surface area contributed by atoms with Crippen LogP contribution in [0.15, 0.2) is 24.3 Å². The van der Waals surface area contributed by atoms with Crippen molar-refractivity contribution in [1.82, 2.24) is 9.80 Å². The Morgan fingerprint density at radius 1 is 1.26 bits per heavy atom. The zero-order chi connectivity index (χ0) is 19.4. The van der Waals surface area contributed by atoms with Crippen molar-refractivity contribution in [3.05, 3.63) is 34.9 Å². The van der Waals surface area contributed by atoms with Crippen LogP contribution in [0.2, 0.25) is 5.02 Å². The molecule has 27 heavy (non-hydrogen) atoms. The van der Waals surface area contributed by atoms with Gasteiger partial charge in [0.2, 0.25) is 5.91 Å². The Balaban J connectivity index is 1.79. The van der Waals surface area contributed by atoms with Crippen molar-refractivity contribution in [2.24, 2.45) is 11.3 Å². The summed E-state index contributed by atoms with van der Waals surface area (Å²) in [6, 6.07) is 8.06. The summed E-state index contributed by atoms with van der Waals surface area (Å²) in [5, 5.41) is 0.802. The van der Waals surface area contributed by atoms with Gasteiger partial charge in [0.05, 0.1) is 6.10 Å². The highest BCUT2D eigenvalue weighted by atomic mass is 35.5. The van der Waals surface area contributed by atoms with Gasteiger partial charge >= 0.3 is 0 Å². The maximum absolute atomic E-state index is 13.2. The highest BCUT2D eigenvalue weighted by Crippen LogP contribution is 2.43. The molecular formula is C22H33ClN2O2. The van der Waals surface area contributed by atoms with E-state index in [9.17, 15) is 4.79 Å². The Kier molecular flexibility index (Phi) is 6.83. The summed E-state index contributed by atoms with van der Waals surface area (Å²) in [6.07, 6.45) is 3.49. The van der Waals surface area contributed by atoms with Crippen LogP contribution in [-0.4, -0.2) is 61.6 Å². The van der Waals surface area contributed by atoms with Gasteiger partial charge in [0.25, 0.3) is 0 Å². The summed E-state index contributed by atoms with van der Waals surface area (Å²) >= 11 is 6.47. The number of hydrogen-bond acceptors (Lipinski definition) is 3. The number of hydrogen-bond donors (Lipinski definition) is 0. The van der Waals surface area contributed by atoms with Gasteiger partial charge in [0, 0.05) is 44.2 Å². The van der Waals surface area contributed by atoms with E-state index in [-0.39, 0.29) is 11.5 Å². The van der Waals surface area contributed by atoms with E-state index in [1.165, 1.54) is 0 Å². The van der Waals surface area contributed by atoms with Crippen LogP contribution >= 0.6 is 11.6 Å². The average Bonchev–Trinajstić information content (AvgIpc) is 2.64. The Hall–Kier alpha value is -1.10. The summed E-state index contributed by atoms with van der Waals surface area (Å²) in [5.74, 6) is 0.745. The third-order valence-corrected chi connectivity index (χ3v) is 6.62. The first-order valence-corrected chi connectivity index (χ1v) is 10.6. The van der Waals surface area contributed by atoms with E-state index in [0.717, 1.165) is 62.6 Å². The number of rotatable bonds is 5. The zero-order valence-corrected chi connectivity index (χ0v) is 17.7. The first kappa shape index (κ1) is 20.6. The molecule has 0 bridgehead atoms. The maximum atomic E-state index is 13.2. The average molecular weight is 393 g/mol. The molecule has 0 aliphatic carbocycles. The molecule has 2 aliphatic heterocycles. The third-order valence-electron chi connectivity index (χ3n) is 6.25. The largest absolute Gasteiger partial charge is 0.378 e. The van der Waals surface area contributed by atoms with E-state index in [1.54, 1.807) is 0 Å². The lowest BCUT2D eigenvalue weighted by Gasteiger charge is -2.44. The summed E-state index contributed by atoms with van der Waals surface area (Å²) in [6.45, 7) is 8.73. The SMILES string of the molecule is CC(C)C1CC(CC(=O)N2CCN(C)CC2)(Cc2ccccc2Cl)CCO1. The Bertz CT molecular complexity index is 643. The van der Waals surface area contributed by atoms with Gasteiger partial charge in [-0.2, -0.15) is 0 Å². The lowest BCUT2D eigenvalue weighted by molar-refractivity contribution is -0.139. The quantitative estimate of drug-likeness (QED) is 0.762. The molecule has 0 spiro atoms. The minimum atomic E-state index is -0.0708. The molecule has 2 fully saturated rings. The lowest BCUT2D eigenvalue weighted by atomic mass is 9.69. The summed E-state index contributed by atoms with van der Waals surface area (Å²) in [5.41, 5.74) is 1.08. The van der Waals surface area contributed by atoms with Gasteiger partial charge in [-0.05, 0) is 49.3 Å². The molecular weight excluding hydrogens is 360 g/mol. The number of carbonyl (C=O) groups excluding carboxylic acids is 1. The Morgan fingerprint density at radius 3 is 2.63 bits per heavy atom. The second-order valence-corrected chi connectivity index (χ2v) is 9.14. The molecule has 5 heteroatoms. The second-order valence-electron chi connectivity index (χ2n) is 8.74. The van der Waals surface area contributed by atoms with Crippen LogP contribution in [0.5, 0.6) is 0 Å². The molecule has 4 nitrogen and oxygen atoms in total. The Morgan fingerprint density at radius 2 is 1.96 bits per heavy atom. The topological polar surface area (TPSA) is 32.8 Å². The van der Waals surface area contributed by atoms with E-state index in [0.29, 0.717) is 18.2 Å². The molecule has 1 amide bonds. The van der Waals surface area contributed by atoms with E-state index in [1.807, 2.05) is 23.1 Å². The van der Waals surface area contributed by atoms with Crippen molar-refractivity contribution in [3.63, 3.8) is 0 Å². The predicted molar refractivity (Wildman–Crippen MR) is 110 cm³/mol. The normalized spacial score (nSPS) is 27.1. The number of likely N-dealkylation sites (N-methyl/N-ethyl adjacent to an activating group) is 1. The van der Waals surface area contributed by atoms with E-state index in [2.05, 4.69) is 31.9 Å². The molecule has 2 atom stereocenters. The van der Waals surface area contributed by atoms with Crippen LogP contribution in [0.4, 0.5) is 0 Å². The Labute approximate surface area is 168 Å². The van der Waals surface area contributed by atoms with Crippen LogP contribution < -0.4 is 0 Å². The number of carbonyl (C=O) groups is 1. The van der Waals surface area contributed by atoms with Crippen LogP contribution in [0, 0.1) is 11.3 Å². The molecule has 3 rings (SSSR count). The molecule has 0 aromatic heterocycles. The van der Waals surface area contributed by atoms with Gasteiger partial charge in [-0.3, -0.25) is 4.79 Å². The smallest absolute Gasteiger partial charge is 0.223 e. The number of benzene rings is 1. The molecule has 0 N–H and O–H groups in total. The fraction of sp³-hybridized carbons (Fsp3) is 0.682. The van der Waals surface area contributed by atoms with Gasteiger partial charge in [-0.15, -0.1) is 0 Å². The molecule has 2 aliphatic rings. The van der Waals surface area contributed by atoms with E-state index < -0.39 is 0 Å². The van der Waals surface area contributed by atoms with E-state index >= 15 is 0 Å². The standard InChI is InChI=1S/C22H33ClN2O2/c1-17(2)20-15-22(8-13-27-20,14-18-6-4-5-7-19(18)23)16-21(26)25-11-9-24(3)10-12-25/h4-7,17,20H,8-16H2,1-3H3. The molecule has 1 aromatic carbocycles. The van der Waals surface area contributed by atoms with Crippen molar-refractivity contribution in [2.45, 2.75) is 45.6 Å². The number of amides is 1. The number of ether oxygens (including phenoxy) is 1. The van der Waals surface area contributed by atoms with Crippen molar-refractivity contribution < 1.29 is 9.53 Å². The molecule has 2 unspecified atom stereocenters. The minimum Gasteiger partial charge on any atom is -0.378 e. The second kappa shape index (κ2) is 8.93. The summed E-state index contributed by atoms with van der Waals surface area (Å²) in [4.78, 5) is 17.5. The first-order valence-electron chi connectivity index (χ1n) is 10.2. The van der Waals surface area contributed by atoms with Crippen molar-refractivity contribution >= 4 is 17.5 Å². The highest BCUT2D eigenvalue weighted by molar-refractivity contribution is 6.31. The van der Waals surface area contributed by atoms with E-state index in [4.69, 9.17) is 16.3 Å². The monoisotopic (exact) mass is 392 g/mol. The molecule has 2 saturated heterocycles.